The van der Waals surface area contributed by atoms with Crippen LogP contribution in [0.2, 0.25) is 0 Å². The maximum Gasteiger partial charge on any atom is 0.180 e. The molecular weight excluding hydrogens is 357 g/mol. The van der Waals surface area contributed by atoms with E-state index in [9.17, 15) is 0 Å². The quantitative estimate of drug-likeness (QED) is 0.432. The molecule has 0 N–H and O–H groups in total. The fraction of sp³-hybridized carbons (Fsp3) is 0.200. The molecule has 0 radical (unpaired) electrons. The van der Waals surface area contributed by atoms with Crippen molar-refractivity contribution in [3.05, 3.63) is 72.3 Å². The molecule has 2 aromatic rings. The number of hydrogen-bond donors (Lipinski definition) is 0. The molecule has 2 aromatic carbocycles. The molecule has 0 saturated heterocycles. The van der Waals surface area contributed by atoms with Crippen LogP contribution in [-0.4, -0.2) is 9.63 Å². The Morgan fingerprint density at radius 2 is 0.900 bits per heavy atom. The Labute approximate surface area is 146 Å². The Bertz CT molecular complexity index is 335. The smallest absolute Gasteiger partial charge is 0.109 e. The minimum Gasteiger partial charge on any atom is -0.109 e. The molecule has 0 aliphatic carbocycles. The first-order valence-electron chi connectivity index (χ1n) is 5.60. The number of alkyl halides is 5. The second-order valence-electron chi connectivity index (χ2n) is 3.16. The Kier molecular flexibility index (Phi) is 20.9. The predicted octanol–water partition coefficient (Wildman–Crippen LogP) is 7.09. The third-order valence-corrected chi connectivity index (χ3v) is 1.61. The van der Waals surface area contributed by atoms with Gasteiger partial charge in [0.05, 0.1) is 5.34 Å². The van der Waals surface area contributed by atoms with Crippen molar-refractivity contribution in [1.29, 1.82) is 0 Å². The summed E-state index contributed by atoms with van der Waals surface area (Å²) in [6.07, 6.45) is 0. The molecule has 20 heavy (non-hydrogen) atoms. The third kappa shape index (κ3) is 26.5. The maximum atomic E-state index is 4.81. The van der Waals surface area contributed by atoms with Crippen LogP contribution in [0.5, 0.6) is 0 Å². The molecule has 0 spiro atoms. The second-order valence-corrected chi connectivity index (χ2v) is 5.95. The van der Waals surface area contributed by atoms with Crippen LogP contribution in [0.3, 0.4) is 0 Å². The molecule has 0 unspecified atom stereocenters. The lowest BCUT2D eigenvalue weighted by Gasteiger charge is -1.82. The van der Waals surface area contributed by atoms with Crippen LogP contribution in [0.15, 0.2) is 66.7 Å². The summed E-state index contributed by atoms with van der Waals surface area (Å²) in [6.45, 7) is 2.08. The number of benzene rings is 2. The van der Waals surface area contributed by atoms with Crippen molar-refractivity contribution >= 4 is 58.0 Å². The van der Waals surface area contributed by atoms with E-state index in [1.54, 1.807) is 0 Å². The molecule has 0 aliphatic heterocycles. The van der Waals surface area contributed by atoms with Crippen molar-refractivity contribution in [2.45, 2.75) is 11.2 Å². The van der Waals surface area contributed by atoms with Gasteiger partial charge in [0.25, 0.3) is 0 Å². The van der Waals surface area contributed by atoms with Crippen LogP contribution >= 0.6 is 58.0 Å². The van der Waals surface area contributed by atoms with Crippen LogP contribution in [0, 0.1) is 6.92 Å². The molecule has 0 heterocycles. The van der Waals surface area contributed by atoms with E-state index < -0.39 is 4.30 Å². The summed E-state index contributed by atoms with van der Waals surface area (Å²) in [7, 11) is 0. The average Bonchev–Trinajstić information content (AvgIpc) is 2.42. The van der Waals surface area contributed by atoms with Gasteiger partial charge in [0, 0.05) is 0 Å². The summed E-state index contributed by atoms with van der Waals surface area (Å²) in [4.78, 5) is 0. The normalized spacial score (nSPS) is 8.15. The number of rotatable bonds is 0. The highest BCUT2D eigenvalue weighted by Crippen LogP contribution is 2.03. The zero-order chi connectivity index (χ0) is 15.6. The lowest BCUT2D eigenvalue weighted by Crippen LogP contribution is -1.62. The van der Waals surface area contributed by atoms with E-state index in [0.717, 1.165) is 0 Å². The van der Waals surface area contributed by atoms with Gasteiger partial charge in [0.2, 0.25) is 0 Å². The van der Waals surface area contributed by atoms with Gasteiger partial charge in [-0.1, -0.05) is 107 Å². The van der Waals surface area contributed by atoms with Gasteiger partial charge < -0.3 is 0 Å². The molecule has 5 heteroatoms. The van der Waals surface area contributed by atoms with Crippen LogP contribution in [-0.2, 0) is 0 Å². The van der Waals surface area contributed by atoms with Crippen molar-refractivity contribution in [3.8, 4) is 0 Å². The van der Waals surface area contributed by atoms with Gasteiger partial charge in [-0.25, -0.2) is 0 Å². The summed E-state index contributed by atoms with van der Waals surface area (Å²) < 4.78 is -0.750. The standard InChI is InChI=1S/C7H8.C6H6.CHCl3.CH2Cl2/c1-7-5-3-2-4-6-7;1-2-4-6-5-3-1;2-1(3)4;2-1-3/h2-6H,1H3;1-6H;1H;1H2. The predicted molar refractivity (Wildman–Crippen MR) is 95.5 cm³/mol. The largest absolute Gasteiger partial charge is 0.180 e. The Balaban J connectivity index is 0. The molecule has 0 amide bonds. The summed E-state index contributed by atoms with van der Waals surface area (Å²) in [5.74, 6) is 0. The SMILES string of the molecule is Cc1ccccc1.ClC(Cl)Cl.ClCCl.c1ccccc1. The van der Waals surface area contributed by atoms with Crippen LogP contribution in [0.4, 0.5) is 0 Å². The summed E-state index contributed by atoms with van der Waals surface area (Å²) in [6, 6.07) is 22.3. The van der Waals surface area contributed by atoms with E-state index in [1.807, 2.05) is 54.6 Å². The van der Waals surface area contributed by atoms with Crippen molar-refractivity contribution in [2.24, 2.45) is 0 Å². The zero-order valence-electron chi connectivity index (χ0n) is 11.0. The van der Waals surface area contributed by atoms with Crippen LogP contribution in [0.25, 0.3) is 0 Å². The van der Waals surface area contributed by atoms with E-state index >= 15 is 0 Å². The van der Waals surface area contributed by atoms with Gasteiger partial charge in [-0.05, 0) is 6.92 Å². The number of hydrogen-bond acceptors (Lipinski definition) is 0. The van der Waals surface area contributed by atoms with Crippen molar-refractivity contribution < 1.29 is 0 Å². The fourth-order valence-corrected chi connectivity index (χ4v) is 0.919. The minimum absolute atomic E-state index is 0.194. The van der Waals surface area contributed by atoms with E-state index in [1.165, 1.54) is 5.56 Å². The lowest BCUT2D eigenvalue weighted by atomic mass is 10.2. The molecule has 112 valence electrons. The fourth-order valence-electron chi connectivity index (χ4n) is 0.919. The zero-order valence-corrected chi connectivity index (χ0v) is 14.8. The number of halogens is 5. The molecular formula is C15H17Cl5. The van der Waals surface area contributed by atoms with Gasteiger partial charge in [-0.15, -0.1) is 23.2 Å². The lowest BCUT2D eigenvalue weighted by molar-refractivity contribution is 1.48. The first-order chi connectivity index (χ1) is 9.54. The molecule has 0 saturated carbocycles. The third-order valence-electron chi connectivity index (χ3n) is 1.61. The molecule has 0 fully saturated rings. The summed E-state index contributed by atoms with van der Waals surface area (Å²) in [5, 5.41) is 0.194. The van der Waals surface area contributed by atoms with Crippen molar-refractivity contribution in [1.82, 2.24) is 0 Å². The van der Waals surface area contributed by atoms with E-state index in [2.05, 4.69) is 19.1 Å². The topological polar surface area (TPSA) is 0 Å². The van der Waals surface area contributed by atoms with E-state index in [0.29, 0.717) is 0 Å². The van der Waals surface area contributed by atoms with Gasteiger partial charge >= 0.3 is 0 Å². The van der Waals surface area contributed by atoms with Crippen LogP contribution < -0.4 is 0 Å². The highest BCUT2D eigenvalue weighted by molar-refractivity contribution is 6.63. The van der Waals surface area contributed by atoms with E-state index in [4.69, 9.17) is 58.0 Å². The first-order valence-corrected chi connectivity index (χ1v) is 7.98. The first kappa shape index (κ1) is 22.2. The molecule has 0 aromatic heterocycles. The summed E-state index contributed by atoms with van der Waals surface area (Å²) in [5.41, 5.74) is 1.32. The maximum absolute atomic E-state index is 4.81. The van der Waals surface area contributed by atoms with Gasteiger partial charge in [-0.3, -0.25) is 0 Å². The van der Waals surface area contributed by atoms with E-state index in [-0.39, 0.29) is 5.34 Å². The molecule has 0 atom stereocenters. The monoisotopic (exact) mass is 372 g/mol. The molecule has 0 nitrogen and oxygen atoms in total. The average molecular weight is 375 g/mol. The number of aryl methyl sites for hydroxylation is 1. The Hall–Kier alpha value is -0.110. The van der Waals surface area contributed by atoms with Crippen molar-refractivity contribution in [2.75, 3.05) is 5.34 Å². The van der Waals surface area contributed by atoms with Crippen LogP contribution in [0.1, 0.15) is 5.56 Å². The molecule has 2 rings (SSSR count). The summed E-state index contributed by atoms with van der Waals surface area (Å²) >= 11 is 23.9. The second kappa shape index (κ2) is 18.9. The molecule has 0 bridgehead atoms. The van der Waals surface area contributed by atoms with Gasteiger partial charge in [0.15, 0.2) is 4.30 Å². The van der Waals surface area contributed by atoms with Gasteiger partial charge in [-0.2, -0.15) is 0 Å². The Morgan fingerprint density at radius 1 is 0.700 bits per heavy atom. The van der Waals surface area contributed by atoms with Crippen molar-refractivity contribution in [3.63, 3.8) is 0 Å². The van der Waals surface area contributed by atoms with Gasteiger partial charge in [0.1, 0.15) is 0 Å². The minimum atomic E-state index is -0.750. The molecule has 0 aliphatic rings. The highest BCUT2D eigenvalue weighted by atomic mass is 35.6. The Morgan fingerprint density at radius 3 is 1.05 bits per heavy atom. The highest BCUT2D eigenvalue weighted by Gasteiger charge is 1.78.